The molecule has 1 saturated heterocycles. The van der Waals surface area contributed by atoms with E-state index < -0.39 is 24.6 Å². The normalized spacial score (nSPS) is 23.6. The Morgan fingerprint density at radius 3 is 2.67 bits per heavy atom. The van der Waals surface area contributed by atoms with Crippen LogP contribution in [-0.4, -0.2) is 64.7 Å². The van der Waals surface area contributed by atoms with Gasteiger partial charge in [-0.25, -0.2) is 4.57 Å². The third-order valence-corrected chi connectivity index (χ3v) is 6.52. The van der Waals surface area contributed by atoms with E-state index in [0.717, 1.165) is 16.4 Å². The Morgan fingerprint density at radius 1 is 1.03 bits per heavy atom. The number of aliphatic hydroxyl groups is 3. The van der Waals surface area contributed by atoms with Crippen LogP contribution in [0.2, 0.25) is 0 Å². The van der Waals surface area contributed by atoms with Gasteiger partial charge in [0, 0.05) is 27.7 Å². The second-order valence-electron chi connectivity index (χ2n) is 8.74. The lowest BCUT2D eigenvalue weighted by atomic mass is 9.97. The zero-order chi connectivity index (χ0) is 23.3. The summed E-state index contributed by atoms with van der Waals surface area (Å²) in [6.45, 7) is 4.61. The molecule has 1 fully saturated rings. The van der Waals surface area contributed by atoms with Crippen molar-refractivity contribution in [2.75, 3.05) is 19.8 Å². The summed E-state index contributed by atoms with van der Waals surface area (Å²) < 4.78 is 18.7. The predicted molar refractivity (Wildman–Crippen MR) is 123 cm³/mol. The number of ether oxygens (including phenoxy) is 3. The second kappa shape index (κ2) is 8.55. The van der Waals surface area contributed by atoms with Crippen LogP contribution in [0.4, 0.5) is 0 Å². The van der Waals surface area contributed by atoms with Gasteiger partial charge in [0.15, 0.2) is 18.7 Å². The summed E-state index contributed by atoms with van der Waals surface area (Å²) in [5.74, 6) is 0.711. The van der Waals surface area contributed by atoms with Gasteiger partial charge < -0.3 is 34.5 Å². The lowest BCUT2D eigenvalue weighted by Gasteiger charge is -2.34. The second-order valence-corrected chi connectivity index (χ2v) is 8.74. The summed E-state index contributed by atoms with van der Waals surface area (Å²) in [7, 11) is 2.03. The van der Waals surface area contributed by atoms with Gasteiger partial charge in [-0.2, -0.15) is 0 Å². The molecule has 0 bridgehead atoms. The van der Waals surface area contributed by atoms with Gasteiger partial charge in [0.1, 0.15) is 37.7 Å². The number of H-pyrrole nitrogens is 1. The number of fused-ring (bicyclic) bond motifs is 4. The van der Waals surface area contributed by atoms with E-state index in [1.54, 1.807) is 0 Å². The zero-order valence-corrected chi connectivity index (χ0v) is 18.9. The zero-order valence-electron chi connectivity index (χ0n) is 18.9. The Balaban J connectivity index is 1.37. The molecule has 0 radical (unpaired) electrons. The Bertz CT molecular complexity index is 1330. The number of aliphatic hydroxyl groups excluding tert-OH is 3. The van der Waals surface area contributed by atoms with E-state index in [1.807, 2.05) is 25.2 Å². The van der Waals surface area contributed by atoms with Crippen LogP contribution in [0.25, 0.3) is 32.6 Å². The Kier molecular flexibility index (Phi) is 5.72. The monoisotopic (exact) mass is 453 g/mol. The van der Waals surface area contributed by atoms with E-state index in [9.17, 15) is 15.3 Å². The average molecular weight is 454 g/mol. The number of aromatic amines is 1. The van der Waals surface area contributed by atoms with Crippen molar-refractivity contribution in [3.05, 3.63) is 47.8 Å². The van der Waals surface area contributed by atoms with Crippen molar-refractivity contribution >= 4 is 32.6 Å². The number of rotatable bonds is 5. The lowest BCUT2D eigenvalue weighted by Crippen LogP contribution is -2.53. The number of benzene rings is 2. The molecule has 4 atom stereocenters. The first-order valence-electron chi connectivity index (χ1n) is 11.1. The highest BCUT2D eigenvalue weighted by molar-refractivity contribution is 6.16. The number of pyridine rings is 1. The predicted octanol–water partition coefficient (Wildman–Crippen LogP) is 1.75. The molecule has 8 nitrogen and oxygen atoms in total. The fourth-order valence-corrected chi connectivity index (χ4v) is 4.67. The van der Waals surface area contributed by atoms with Gasteiger partial charge in [0.25, 0.3) is 0 Å². The highest BCUT2D eigenvalue weighted by Gasteiger charge is 2.38. The fourth-order valence-electron chi connectivity index (χ4n) is 4.67. The summed E-state index contributed by atoms with van der Waals surface area (Å²) in [6.07, 6.45) is -0.491. The molecule has 0 spiro atoms. The maximum Gasteiger partial charge on any atom is 0.186 e. The van der Waals surface area contributed by atoms with E-state index in [-0.39, 0.29) is 19.8 Å². The van der Waals surface area contributed by atoms with Crippen molar-refractivity contribution in [1.82, 2.24) is 4.98 Å². The van der Waals surface area contributed by atoms with Crippen molar-refractivity contribution in [2.24, 2.45) is 7.05 Å². The molecule has 5 rings (SSSR count). The van der Waals surface area contributed by atoms with Crippen molar-refractivity contribution < 1.29 is 34.1 Å². The Labute approximate surface area is 190 Å². The summed E-state index contributed by atoms with van der Waals surface area (Å²) in [6, 6.07) is 8.11. The van der Waals surface area contributed by atoms with Gasteiger partial charge in [-0.1, -0.05) is 0 Å². The molecule has 1 aliphatic heterocycles. The summed E-state index contributed by atoms with van der Waals surface area (Å²) in [4.78, 5) is 3.57. The molecule has 2 aromatic heterocycles. The summed E-state index contributed by atoms with van der Waals surface area (Å²) >= 11 is 0. The maximum absolute atomic E-state index is 9.95. The topological polar surface area (TPSA) is 108 Å². The molecule has 4 N–H and O–H groups in total. The molecule has 0 amide bonds. The maximum atomic E-state index is 9.95. The minimum absolute atomic E-state index is 0.0908. The first-order chi connectivity index (χ1) is 15.8. The smallest absolute Gasteiger partial charge is 0.186 e. The van der Waals surface area contributed by atoms with E-state index in [4.69, 9.17) is 14.2 Å². The van der Waals surface area contributed by atoms with Crippen LogP contribution in [0.15, 0.2) is 36.7 Å². The molecular formula is C25H29N2O6+. The largest absolute Gasteiger partial charge is 0.491 e. The van der Waals surface area contributed by atoms with Crippen LogP contribution in [0, 0.1) is 13.8 Å². The molecule has 174 valence electrons. The van der Waals surface area contributed by atoms with Crippen molar-refractivity contribution in [3.63, 3.8) is 0 Å². The molecule has 1 aliphatic rings. The van der Waals surface area contributed by atoms with E-state index in [1.165, 1.54) is 27.3 Å². The van der Waals surface area contributed by atoms with Crippen LogP contribution < -0.4 is 9.30 Å². The number of nitrogens with one attached hydrogen (secondary N) is 1. The molecular weight excluding hydrogens is 424 g/mol. The molecule has 4 aromatic rings. The van der Waals surface area contributed by atoms with Crippen LogP contribution >= 0.6 is 0 Å². The van der Waals surface area contributed by atoms with Crippen LogP contribution in [-0.2, 0) is 16.5 Å². The molecule has 8 heteroatoms. The van der Waals surface area contributed by atoms with Gasteiger partial charge in [0.05, 0.1) is 18.7 Å². The number of aryl methyl sites for hydroxylation is 3. The third kappa shape index (κ3) is 3.84. The number of aromatic nitrogens is 2. The quantitative estimate of drug-likeness (QED) is 0.271. The van der Waals surface area contributed by atoms with Gasteiger partial charge in [-0.05, 0) is 48.6 Å². The molecule has 33 heavy (non-hydrogen) atoms. The molecule has 0 aliphatic carbocycles. The Hall–Kier alpha value is -2.75. The summed E-state index contributed by atoms with van der Waals surface area (Å²) in [5.41, 5.74) is 4.62. The Morgan fingerprint density at radius 2 is 1.85 bits per heavy atom. The molecule has 2 aromatic carbocycles. The average Bonchev–Trinajstić information content (AvgIpc) is 3.19. The van der Waals surface area contributed by atoms with Crippen LogP contribution in [0.1, 0.15) is 11.1 Å². The minimum Gasteiger partial charge on any atom is -0.491 e. The molecule has 0 unspecified atom stereocenters. The van der Waals surface area contributed by atoms with Gasteiger partial charge >= 0.3 is 0 Å². The van der Waals surface area contributed by atoms with Crippen molar-refractivity contribution in [1.29, 1.82) is 0 Å². The van der Waals surface area contributed by atoms with Crippen molar-refractivity contribution in [2.45, 2.75) is 38.4 Å². The number of nitrogens with zero attached hydrogens (tertiary/aromatic N) is 1. The van der Waals surface area contributed by atoms with E-state index in [0.29, 0.717) is 5.75 Å². The lowest BCUT2D eigenvalue weighted by molar-refractivity contribution is -0.670. The van der Waals surface area contributed by atoms with Crippen LogP contribution in [0.5, 0.6) is 5.75 Å². The van der Waals surface area contributed by atoms with E-state index in [2.05, 4.69) is 41.9 Å². The van der Waals surface area contributed by atoms with Gasteiger partial charge in [-0.15, -0.1) is 0 Å². The SMILES string of the molecule is Cc1c2cc[n+](C)cc2c(C)c2c1[nH]c1ccc(OCCO[C@@H]3OC[C@H](O)[C@H](O)[C@H]3O)cc12. The van der Waals surface area contributed by atoms with Gasteiger partial charge in [-0.3, -0.25) is 0 Å². The van der Waals surface area contributed by atoms with Gasteiger partial charge in [0.2, 0.25) is 0 Å². The van der Waals surface area contributed by atoms with Crippen molar-refractivity contribution in [3.8, 4) is 5.75 Å². The van der Waals surface area contributed by atoms with E-state index >= 15 is 0 Å². The first kappa shape index (κ1) is 22.1. The molecule has 0 saturated carbocycles. The third-order valence-electron chi connectivity index (χ3n) is 6.52. The van der Waals surface area contributed by atoms with Crippen LogP contribution in [0.3, 0.4) is 0 Å². The highest BCUT2D eigenvalue weighted by Crippen LogP contribution is 2.37. The number of hydrogen-bond acceptors (Lipinski definition) is 6. The molecule has 3 heterocycles. The number of hydrogen-bond donors (Lipinski definition) is 4. The fraction of sp³-hybridized carbons (Fsp3) is 0.400. The standard InChI is InChI=1S/C25H28N2O6/c1-13-18-11-27(3)7-6-16(18)14(2)22-21(13)17-10-15(4-5-19(17)26-22)31-8-9-32-25-24(30)23(29)20(28)12-33-25/h4-7,10-11,20,23-25,28-30H,8-9,12H2,1-3H3/p+1/t20-,23-,24+,25+/m0/s1. The highest BCUT2D eigenvalue weighted by atomic mass is 16.7. The minimum atomic E-state index is -1.31. The first-order valence-corrected chi connectivity index (χ1v) is 11.1. The summed E-state index contributed by atoms with van der Waals surface area (Å²) in [5, 5.41) is 34.0.